The number of carbonyl (C=O) groups is 2. The Labute approximate surface area is 167 Å². The number of ether oxygens (including phenoxy) is 1. The highest BCUT2D eigenvalue weighted by molar-refractivity contribution is 6.30. The zero-order valence-electron chi connectivity index (χ0n) is 15.4. The fraction of sp³-hybridized carbons (Fsp3) is 0.579. The third-order valence-electron chi connectivity index (χ3n) is 5.88. The number of amides is 2. The van der Waals surface area contributed by atoms with Gasteiger partial charge in [0.15, 0.2) is 6.61 Å². The summed E-state index contributed by atoms with van der Waals surface area (Å²) in [5.41, 5.74) is -0.267. The summed E-state index contributed by atoms with van der Waals surface area (Å²) in [5, 5.41) is 12.5. The highest BCUT2D eigenvalue weighted by Gasteiger charge is 2.57. The number of nitrogens with one attached hydrogen (secondary N) is 4. The Hall–Kier alpha value is -1.90. The lowest BCUT2D eigenvalue weighted by atomic mass is 9.76. The molecule has 0 spiro atoms. The Bertz CT molecular complexity index is 766. The topological polar surface area (TPSA) is 91.5 Å². The number of benzene rings is 1. The maximum absolute atomic E-state index is 13.4. The van der Waals surface area contributed by atoms with E-state index in [1.165, 1.54) is 12.1 Å². The van der Waals surface area contributed by atoms with Gasteiger partial charge in [0, 0.05) is 37.4 Å². The van der Waals surface area contributed by atoms with Gasteiger partial charge < -0.3 is 26.0 Å². The minimum Gasteiger partial charge on any atom is -0.484 e. The molecule has 28 heavy (non-hydrogen) atoms. The van der Waals surface area contributed by atoms with Gasteiger partial charge in [-0.25, -0.2) is 4.39 Å². The Balaban J connectivity index is 1.24. The number of fused-ring (bicyclic) bond motifs is 1. The van der Waals surface area contributed by atoms with Gasteiger partial charge in [-0.3, -0.25) is 9.59 Å². The predicted molar refractivity (Wildman–Crippen MR) is 101 cm³/mol. The van der Waals surface area contributed by atoms with Gasteiger partial charge in [-0.15, -0.1) is 0 Å². The fourth-order valence-electron chi connectivity index (χ4n) is 4.49. The van der Waals surface area contributed by atoms with Crippen LogP contribution in [0.4, 0.5) is 4.39 Å². The molecule has 5 rings (SSSR count). The van der Waals surface area contributed by atoms with Crippen molar-refractivity contribution in [2.75, 3.05) is 26.4 Å². The molecular weight excluding hydrogens is 387 g/mol. The summed E-state index contributed by atoms with van der Waals surface area (Å²) >= 11 is 5.63. The predicted octanol–water partition coefficient (Wildman–Crippen LogP) is 0.778. The first-order valence-corrected chi connectivity index (χ1v) is 9.93. The Kier molecular flexibility index (Phi) is 5.44. The molecule has 9 heteroatoms. The van der Waals surface area contributed by atoms with E-state index in [1.54, 1.807) is 0 Å². The zero-order valence-corrected chi connectivity index (χ0v) is 16.2. The first-order chi connectivity index (χ1) is 13.4. The third-order valence-corrected chi connectivity index (χ3v) is 6.19. The van der Waals surface area contributed by atoms with Crippen molar-refractivity contribution in [3.63, 3.8) is 0 Å². The van der Waals surface area contributed by atoms with E-state index in [0.29, 0.717) is 19.0 Å². The summed E-state index contributed by atoms with van der Waals surface area (Å²) in [6.07, 6.45) is 2.46. The van der Waals surface area contributed by atoms with E-state index in [-0.39, 0.29) is 46.7 Å². The third kappa shape index (κ3) is 4.09. The minimum atomic E-state index is -0.585. The highest BCUT2D eigenvalue weighted by Crippen LogP contribution is 2.52. The quantitative estimate of drug-likeness (QED) is 0.556. The lowest BCUT2D eigenvalue weighted by Crippen LogP contribution is -2.53. The van der Waals surface area contributed by atoms with Gasteiger partial charge in [0.2, 0.25) is 5.91 Å². The molecule has 152 valence electrons. The molecule has 3 saturated carbocycles. The van der Waals surface area contributed by atoms with Gasteiger partial charge in [0.05, 0.1) is 10.9 Å². The van der Waals surface area contributed by atoms with Crippen molar-refractivity contribution in [1.29, 1.82) is 0 Å². The number of carbonyl (C=O) groups excluding carboxylic acids is 2. The number of hydrogen-bond acceptors (Lipinski definition) is 5. The van der Waals surface area contributed by atoms with E-state index in [2.05, 4.69) is 21.3 Å². The van der Waals surface area contributed by atoms with Crippen molar-refractivity contribution in [3.05, 3.63) is 29.0 Å². The molecule has 0 unspecified atom stereocenters. The van der Waals surface area contributed by atoms with Gasteiger partial charge in [-0.2, -0.15) is 0 Å². The molecule has 1 heterocycles. The van der Waals surface area contributed by atoms with Crippen molar-refractivity contribution in [1.82, 2.24) is 21.3 Å². The van der Waals surface area contributed by atoms with Crippen LogP contribution in [0.2, 0.25) is 5.02 Å². The van der Waals surface area contributed by atoms with Crippen molar-refractivity contribution in [2.24, 2.45) is 11.8 Å². The van der Waals surface area contributed by atoms with E-state index >= 15 is 0 Å². The van der Waals surface area contributed by atoms with E-state index in [4.69, 9.17) is 16.3 Å². The van der Waals surface area contributed by atoms with Gasteiger partial charge in [-0.1, -0.05) is 11.6 Å². The van der Waals surface area contributed by atoms with Crippen LogP contribution in [0.1, 0.15) is 19.3 Å². The highest BCUT2D eigenvalue weighted by atomic mass is 35.5. The average Bonchev–Trinajstić information content (AvgIpc) is 3.17. The number of halogens is 2. The van der Waals surface area contributed by atoms with Crippen molar-refractivity contribution < 1.29 is 18.7 Å². The molecule has 0 aromatic heterocycles. The summed E-state index contributed by atoms with van der Waals surface area (Å²) in [6, 6.07) is 4.16. The monoisotopic (exact) mass is 410 g/mol. The van der Waals surface area contributed by atoms with Crippen molar-refractivity contribution in [3.8, 4) is 5.75 Å². The van der Waals surface area contributed by atoms with E-state index in [0.717, 1.165) is 32.0 Å². The van der Waals surface area contributed by atoms with Crippen LogP contribution >= 0.6 is 11.6 Å². The second-order valence-electron chi connectivity index (χ2n) is 7.96. The molecule has 1 saturated heterocycles. The van der Waals surface area contributed by atoms with Crippen LogP contribution in [0.25, 0.3) is 0 Å². The summed E-state index contributed by atoms with van der Waals surface area (Å²) in [7, 11) is 0. The van der Waals surface area contributed by atoms with Gasteiger partial charge in [0.25, 0.3) is 5.91 Å². The molecule has 2 amide bonds. The van der Waals surface area contributed by atoms with Crippen LogP contribution in [0, 0.1) is 17.7 Å². The Morgan fingerprint density at radius 3 is 2.71 bits per heavy atom. The molecule has 1 aromatic carbocycles. The van der Waals surface area contributed by atoms with E-state index in [9.17, 15) is 14.0 Å². The van der Waals surface area contributed by atoms with E-state index in [1.807, 2.05) is 0 Å². The minimum absolute atomic E-state index is 0.00929. The largest absolute Gasteiger partial charge is 0.484 e. The summed E-state index contributed by atoms with van der Waals surface area (Å²) in [5.74, 6) is -0.177. The standard InChI is InChI=1S/C19H24ClFN4O3/c20-14-2-1-13(3-15(14)21)28-9-17(26)25-19-4-11(5-19)16(6-19)24-18(27)12-7-22-10-23-8-12/h1-3,11-12,16,22-23H,4-10H2,(H,24,27)(H,25,26)/t11?,16-,19?/m0/s1. The summed E-state index contributed by atoms with van der Waals surface area (Å²) < 4.78 is 18.8. The van der Waals surface area contributed by atoms with Crippen LogP contribution in [-0.2, 0) is 9.59 Å². The average molecular weight is 411 g/mol. The molecule has 2 bridgehead atoms. The molecule has 3 aliphatic carbocycles. The molecule has 4 aliphatic rings. The molecule has 7 nitrogen and oxygen atoms in total. The maximum atomic E-state index is 13.4. The molecule has 1 atom stereocenters. The van der Waals surface area contributed by atoms with Gasteiger partial charge in [0.1, 0.15) is 11.6 Å². The SMILES string of the molecule is O=C(COc1ccc(Cl)c(F)c1)NC12CC(C1)[C@@H](NC(=O)C1CNCNC1)C2. The summed E-state index contributed by atoms with van der Waals surface area (Å²) in [4.78, 5) is 24.7. The molecule has 0 radical (unpaired) electrons. The van der Waals surface area contributed by atoms with Gasteiger partial charge >= 0.3 is 0 Å². The second kappa shape index (κ2) is 7.85. The Morgan fingerprint density at radius 2 is 2.00 bits per heavy atom. The zero-order chi connectivity index (χ0) is 19.7. The summed E-state index contributed by atoms with van der Waals surface area (Å²) in [6.45, 7) is 1.90. The second-order valence-corrected chi connectivity index (χ2v) is 8.37. The van der Waals surface area contributed by atoms with Crippen LogP contribution in [-0.4, -0.2) is 49.8 Å². The van der Waals surface area contributed by atoms with Crippen molar-refractivity contribution >= 4 is 23.4 Å². The van der Waals surface area contributed by atoms with Gasteiger partial charge in [-0.05, 0) is 37.3 Å². The van der Waals surface area contributed by atoms with Crippen LogP contribution < -0.4 is 26.0 Å². The fourth-order valence-corrected chi connectivity index (χ4v) is 4.61. The van der Waals surface area contributed by atoms with Crippen LogP contribution in [0.3, 0.4) is 0 Å². The van der Waals surface area contributed by atoms with E-state index < -0.39 is 5.82 Å². The van der Waals surface area contributed by atoms with Crippen LogP contribution in [0.15, 0.2) is 18.2 Å². The molecule has 4 fully saturated rings. The normalized spacial score (nSPS) is 29.1. The maximum Gasteiger partial charge on any atom is 0.258 e. The number of rotatable bonds is 6. The molecule has 1 aliphatic heterocycles. The smallest absolute Gasteiger partial charge is 0.258 e. The Morgan fingerprint density at radius 1 is 1.25 bits per heavy atom. The lowest BCUT2D eigenvalue weighted by Gasteiger charge is -2.39. The van der Waals surface area contributed by atoms with Crippen LogP contribution in [0.5, 0.6) is 5.75 Å². The first-order valence-electron chi connectivity index (χ1n) is 9.55. The first kappa shape index (κ1) is 19.4. The van der Waals surface area contributed by atoms with Crippen molar-refractivity contribution in [2.45, 2.75) is 30.8 Å². The molecule has 4 N–H and O–H groups in total. The number of hydrogen-bond donors (Lipinski definition) is 4. The lowest BCUT2D eigenvalue weighted by molar-refractivity contribution is -0.127. The molecular formula is C19H24ClFN4O3. The molecule has 1 aromatic rings.